The molecular weight excluding hydrogens is 168 g/mol. The zero-order valence-electron chi connectivity index (χ0n) is 8.10. The van der Waals surface area contributed by atoms with Gasteiger partial charge in [0.2, 0.25) is 5.91 Å². The molecule has 0 saturated heterocycles. The molecule has 76 valence electrons. The molecule has 0 saturated carbocycles. The molecule has 0 radical (unpaired) electrons. The molecule has 0 unspecified atom stereocenters. The third kappa shape index (κ3) is 9.01. The van der Waals surface area contributed by atoms with E-state index in [4.69, 9.17) is 10.5 Å². The Labute approximate surface area is 78.8 Å². The van der Waals surface area contributed by atoms with Crippen molar-refractivity contribution in [1.82, 2.24) is 5.32 Å². The van der Waals surface area contributed by atoms with E-state index in [-0.39, 0.29) is 12.5 Å². The molecule has 13 heavy (non-hydrogen) atoms. The highest BCUT2D eigenvalue weighted by Gasteiger charge is 1.99. The van der Waals surface area contributed by atoms with Crippen molar-refractivity contribution in [3.63, 3.8) is 0 Å². The maximum Gasteiger partial charge on any atom is 0.220 e. The van der Waals surface area contributed by atoms with E-state index >= 15 is 0 Å². The predicted octanol–water partition coefficient (Wildman–Crippen LogP) is 0.695. The highest BCUT2D eigenvalue weighted by Crippen LogP contribution is 2.00. The van der Waals surface area contributed by atoms with E-state index in [2.05, 4.69) is 5.32 Å². The number of hydrogen-bond acceptors (Lipinski definition) is 3. The summed E-state index contributed by atoms with van der Waals surface area (Å²) >= 11 is 0. The minimum absolute atomic E-state index is 0.00859. The van der Waals surface area contributed by atoms with Crippen molar-refractivity contribution in [1.29, 1.82) is 5.41 Å². The second-order valence-corrected chi connectivity index (χ2v) is 3.06. The molecule has 0 bridgehead atoms. The van der Waals surface area contributed by atoms with E-state index in [1.165, 1.54) is 0 Å². The van der Waals surface area contributed by atoms with Crippen LogP contribution in [0.2, 0.25) is 0 Å². The van der Waals surface area contributed by atoms with Crippen LogP contribution in [0.25, 0.3) is 0 Å². The van der Waals surface area contributed by atoms with Crippen LogP contribution in [0.3, 0.4) is 0 Å². The van der Waals surface area contributed by atoms with Gasteiger partial charge in [-0.05, 0) is 26.2 Å². The molecule has 0 spiro atoms. The molecule has 4 nitrogen and oxygen atoms in total. The lowest BCUT2D eigenvalue weighted by Gasteiger charge is -2.02. The van der Waals surface area contributed by atoms with E-state index in [9.17, 15) is 4.79 Å². The molecule has 0 atom stereocenters. The fourth-order valence-corrected chi connectivity index (χ4v) is 0.959. The van der Waals surface area contributed by atoms with Gasteiger partial charge in [0.1, 0.15) is 0 Å². The van der Waals surface area contributed by atoms with Gasteiger partial charge in [-0.1, -0.05) is 0 Å². The summed E-state index contributed by atoms with van der Waals surface area (Å²) in [6, 6.07) is 0. The summed E-state index contributed by atoms with van der Waals surface area (Å²) in [6.07, 6.45) is 2.97. The fourth-order valence-electron chi connectivity index (χ4n) is 0.959. The first-order valence-electron chi connectivity index (χ1n) is 4.58. The van der Waals surface area contributed by atoms with Crippen LogP contribution < -0.4 is 5.32 Å². The largest absolute Gasteiger partial charge is 0.395 e. The highest BCUT2D eigenvalue weighted by atomic mass is 16.3. The SMILES string of the molecule is CC(=N)CCCCC(=O)NCCO. The number of aliphatic hydroxyl groups excluding tert-OH is 1. The van der Waals surface area contributed by atoms with Crippen LogP contribution in [-0.2, 0) is 4.79 Å². The second kappa shape index (κ2) is 7.73. The van der Waals surface area contributed by atoms with Crippen molar-refractivity contribution in [2.45, 2.75) is 32.6 Å². The fraction of sp³-hybridized carbons (Fsp3) is 0.778. The van der Waals surface area contributed by atoms with Crippen molar-refractivity contribution in [2.24, 2.45) is 0 Å². The second-order valence-electron chi connectivity index (χ2n) is 3.06. The Balaban J connectivity index is 3.22. The Hall–Kier alpha value is -0.900. The lowest BCUT2D eigenvalue weighted by atomic mass is 10.1. The molecule has 0 fully saturated rings. The Morgan fingerprint density at radius 3 is 2.54 bits per heavy atom. The molecule has 0 aliphatic carbocycles. The lowest BCUT2D eigenvalue weighted by molar-refractivity contribution is -0.121. The molecule has 0 heterocycles. The van der Waals surface area contributed by atoms with Gasteiger partial charge in [-0.3, -0.25) is 4.79 Å². The van der Waals surface area contributed by atoms with Gasteiger partial charge in [0.25, 0.3) is 0 Å². The summed E-state index contributed by atoms with van der Waals surface area (Å²) in [5.41, 5.74) is 0.663. The first-order chi connectivity index (χ1) is 6.16. The van der Waals surface area contributed by atoms with Crippen LogP contribution in [0.5, 0.6) is 0 Å². The van der Waals surface area contributed by atoms with Crippen LogP contribution >= 0.6 is 0 Å². The van der Waals surface area contributed by atoms with E-state index in [0.29, 0.717) is 18.7 Å². The molecule has 0 aliphatic heterocycles. The smallest absolute Gasteiger partial charge is 0.220 e. The molecule has 1 amide bonds. The molecule has 0 aromatic heterocycles. The number of amides is 1. The quantitative estimate of drug-likeness (QED) is 0.404. The maximum absolute atomic E-state index is 11.0. The molecular formula is C9H18N2O2. The van der Waals surface area contributed by atoms with Gasteiger partial charge in [0.15, 0.2) is 0 Å². The minimum atomic E-state index is -0.0170. The number of nitrogens with one attached hydrogen (secondary N) is 2. The van der Waals surface area contributed by atoms with Crippen LogP contribution in [0.4, 0.5) is 0 Å². The first-order valence-corrected chi connectivity index (χ1v) is 4.58. The summed E-state index contributed by atoms with van der Waals surface area (Å²) in [7, 11) is 0. The number of rotatable bonds is 7. The van der Waals surface area contributed by atoms with E-state index in [0.717, 1.165) is 19.3 Å². The molecule has 0 rings (SSSR count). The van der Waals surface area contributed by atoms with Gasteiger partial charge in [-0.2, -0.15) is 0 Å². The van der Waals surface area contributed by atoms with E-state index in [1.54, 1.807) is 6.92 Å². The number of aliphatic hydroxyl groups is 1. The summed E-state index contributed by atoms with van der Waals surface area (Å²) in [5, 5.41) is 18.2. The van der Waals surface area contributed by atoms with E-state index in [1.807, 2.05) is 0 Å². The van der Waals surface area contributed by atoms with Crippen molar-refractivity contribution < 1.29 is 9.90 Å². The Morgan fingerprint density at radius 1 is 1.38 bits per heavy atom. The van der Waals surface area contributed by atoms with Crippen LogP contribution in [0, 0.1) is 5.41 Å². The van der Waals surface area contributed by atoms with Gasteiger partial charge < -0.3 is 15.8 Å². The van der Waals surface area contributed by atoms with Crippen molar-refractivity contribution in [2.75, 3.05) is 13.2 Å². The summed E-state index contributed by atoms with van der Waals surface area (Å²) in [5.74, 6) is -0.0170. The molecule has 4 heteroatoms. The number of hydrogen-bond donors (Lipinski definition) is 3. The van der Waals surface area contributed by atoms with Crippen LogP contribution in [0.15, 0.2) is 0 Å². The first kappa shape index (κ1) is 12.1. The van der Waals surface area contributed by atoms with Gasteiger partial charge >= 0.3 is 0 Å². The van der Waals surface area contributed by atoms with Crippen LogP contribution in [-0.4, -0.2) is 29.9 Å². The summed E-state index contributed by atoms with van der Waals surface area (Å²) in [6.45, 7) is 2.10. The average Bonchev–Trinajstić information content (AvgIpc) is 2.08. The van der Waals surface area contributed by atoms with Crippen molar-refractivity contribution >= 4 is 11.6 Å². The number of carbonyl (C=O) groups is 1. The summed E-state index contributed by atoms with van der Waals surface area (Å²) < 4.78 is 0. The zero-order valence-corrected chi connectivity index (χ0v) is 8.10. The maximum atomic E-state index is 11.0. The van der Waals surface area contributed by atoms with Gasteiger partial charge in [0.05, 0.1) is 6.61 Å². The normalized spacial score (nSPS) is 9.69. The molecule has 0 aliphatic rings. The third-order valence-corrected chi connectivity index (χ3v) is 1.64. The van der Waals surface area contributed by atoms with Gasteiger partial charge in [-0.15, -0.1) is 0 Å². The molecule has 0 aromatic carbocycles. The molecule has 3 N–H and O–H groups in total. The van der Waals surface area contributed by atoms with E-state index < -0.39 is 0 Å². The minimum Gasteiger partial charge on any atom is -0.395 e. The predicted molar refractivity (Wildman–Crippen MR) is 52.0 cm³/mol. The number of unbranched alkanes of at least 4 members (excludes halogenated alkanes) is 1. The van der Waals surface area contributed by atoms with Crippen molar-refractivity contribution in [3.05, 3.63) is 0 Å². The average molecular weight is 186 g/mol. The van der Waals surface area contributed by atoms with Gasteiger partial charge in [0, 0.05) is 18.7 Å². The number of carbonyl (C=O) groups excluding carboxylic acids is 1. The lowest BCUT2D eigenvalue weighted by Crippen LogP contribution is -2.25. The molecule has 0 aromatic rings. The monoisotopic (exact) mass is 186 g/mol. The highest BCUT2D eigenvalue weighted by molar-refractivity contribution is 5.78. The standard InChI is InChI=1S/C9H18N2O2/c1-8(10)4-2-3-5-9(13)11-6-7-12/h10,12H,2-7H2,1H3,(H,11,13). The third-order valence-electron chi connectivity index (χ3n) is 1.64. The van der Waals surface area contributed by atoms with Crippen molar-refractivity contribution in [3.8, 4) is 0 Å². The Bertz CT molecular complexity index is 169. The van der Waals surface area contributed by atoms with Crippen LogP contribution in [0.1, 0.15) is 32.6 Å². The zero-order chi connectivity index (χ0) is 10.1. The Kier molecular flexibility index (Phi) is 7.20. The van der Waals surface area contributed by atoms with Gasteiger partial charge in [-0.25, -0.2) is 0 Å². The summed E-state index contributed by atoms with van der Waals surface area (Å²) in [4.78, 5) is 11.0. The topological polar surface area (TPSA) is 73.2 Å². The Morgan fingerprint density at radius 2 is 2.00 bits per heavy atom.